The molecule has 0 aliphatic rings. The molecule has 1 atom stereocenters. The highest BCUT2D eigenvalue weighted by Gasteiger charge is 2.08. The monoisotopic (exact) mass is 281 g/mol. The van der Waals surface area contributed by atoms with Crippen LogP contribution < -0.4 is 14.8 Å². The maximum atomic E-state index is 11.6. The molecule has 0 aliphatic carbocycles. The molecule has 0 aromatic heterocycles. The molecule has 0 saturated carbocycles. The molecular weight excluding hydrogens is 258 g/mol. The van der Waals surface area contributed by atoms with Crippen LogP contribution in [0.15, 0.2) is 24.3 Å². The third-order valence-corrected chi connectivity index (χ3v) is 2.95. The highest BCUT2D eigenvalue weighted by atomic mass is 16.5. The number of aliphatic hydroxyl groups excluding tert-OH is 1. The van der Waals surface area contributed by atoms with Gasteiger partial charge in [-0.2, -0.15) is 0 Å². The molecule has 5 nitrogen and oxygen atoms in total. The van der Waals surface area contributed by atoms with Gasteiger partial charge in [-0.25, -0.2) is 0 Å². The number of hydrogen-bond acceptors (Lipinski definition) is 4. The molecule has 0 bridgehead atoms. The Hall–Kier alpha value is -1.75. The molecule has 1 aromatic carbocycles. The Labute approximate surface area is 119 Å². The zero-order chi connectivity index (χ0) is 14.8. The van der Waals surface area contributed by atoms with E-state index in [1.807, 2.05) is 31.2 Å². The first kappa shape index (κ1) is 16.3. The minimum atomic E-state index is -0.148. The molecule has 1 rings (SSSR count). The van der Waals surface area contributed by atoms with Gasteiger partial charge in [0, 0.05) is 6.42 Å². The van der Waals surface area contributed by atoms with Crippen molar-refractivity contribution in [3.63, 3.8) is 0 Å². The highest BCUT2D eigenvalue weighted by molar-refractivity contribution is 5.76. The lowest BCUT2D eigenvalue weighted by atomic mass is 10.2. The quantitative estimate of drug-likeness (QED) is 0.677. The van der Waals surface area contributed by atoms with Crippen molar-refractivity contribution in [1.82, 2.24) is 5.32 Å². The van der Waals surface area contributed by atoms with Crippen LogP contribution >= 0.6 is 0 Å². The number of ether oxygens (including phenoxy) is 2. The molecule has 1 aromatic rings. The standard InChI is InChI=1S/C15H23NO4/c1-3-12(11-17)16-15(18)5-4-10-20-14-8-6-13(19-2)7-9-14/h6-9,12,17H,3-5,10-11H2,1-2H3,(H,16,18). The summed E-state index contributed by atoms with van der Waals surface area (Å²) in [6, 6.07) is 7.17. The molecule has 0 aliphatic heterocycles. The van der Waals surface area contributed by atoms with Crippen molar-refractivity contribution in [3.8, 4) is 11.5 Å². The fraction of sp³-hybridized carbons (Fsp3) is 0.533. The summed E-state index contributed by atoms with van der Waals surface area (Å²) in [5.74, 6) is 1.49. The Bertz CT molecular complexity index is 387. The number of benzene rings is 1. The van der Waals surface area contributed by atoms with Crippen LogP contribution in [0, 0.1) is 0 Å². The van der Waals surface area contributed by atoms with Crippen molar-refractivity contribution in [2.75, 3.05) is 20.3 Å². The normalized spacial score (nSPS) is 11.8. The fourth-order valence-electron chi connectivity index (χ4n) is 1.67. The number of carbonyl (C=O) groups is 1. The van der Waals surface area contributed by atoms with Gasteiger partial charge in [-0.15, -0.1) is 0 Å². The molecule has 0 saturated heterocycles. The largest absolute Gasteiger partial charge is 0.497 e. The average Bonchev–Trinajstić information content (AvgIpc) is 2.49. The van der Waals surface area contributed by atoms with Crippen molar-refractivity contribution >= 4 is 5.91 Å². The van der Waals surface area contributed by atoms with Crippen LogP contribution in [0.25, 0.3) is 0 Å². The molecule has 20 heavy (non-hydrogen) atoms. The number of rotatable bonds is 9. The van der Waals surface area contributed by atoms with Gasteiger partial charge >= 0.3 is 0 Å². The Morgan fingerprint density at radius 2 is 1.95 bits per heavy atom. The van der Waals surface area contributed by atoms with E-state index in [4.69, 9.17) is 14.6 Å². The lowest BCUT2D eigenvalue weighted by molar-refractivity contribution is -0.122. The first-order valence-corrected chi connectivity index (χ1v) is 6.86. The van der Waals surface area contributed by atoms with Crippen molar-refractivity contribution < 1.29 is 19.4 Å². The van der Waals surface area contributed by atoms with E-state index in [2.05, 4.69) is 5.32 Å². The van der Waals surface area contributed by atoms with Crippen LogP contribution in [-0.2, 0) is 4.79 Å². The molecule has 0 spiro atoms. The number of carbonyl (C=O) groups excluding carboxylic acids is 1. The van der Waals surface area contributed by atoms with Crippen LogP contribution in [0.5, 0.6) is 11.5 Å². The molecule has 0 radical (unpaired) electrons. The summed E-state index contributed by atoms with van der Waals surface area (Å²) in [5, 5.41) is 11.8. The van der Waals surface area contributed by atoms with E-state index in [9.17, 15) is 4.79 Å². The van der Waals surface area contributed by atoms with E-state index in [1.165, 1.54) is 0 Å². The van der Waals surface area contributed by atoms with Gasteiger partial charge in [-0.1, -0.05) is 6.92 Å². The smallest absolute Gasteiger partial charge is 0.220 e. The minimum absolute atomic E-state index is 0.0232. The summed E-state index contributed by atoms with van der Waals surface area (Å²) in [4.78, 5) is 11.6. The van der Waals surface area contributed by atoms with Gasteiger partial charge in [-0.05, 0) is 37.1 Å². The summed E-state index contributed by atoms with van der Waals surface area (Å²) < 4.78 is 10.6. The molecule has 2 N–H and O–H groups in total. The van der Waals surface area contributed by atoms with Gasteiger partial charge in [-0.3, -0.25) is 4.79 Å². The predicted molar refractivity (Wildman–Crippen MR) is 77.0 cm³/mol. The summed E-state index contributed by atoms with van der Waals surface area (Å²) in [5.41, 5.74) is 0. The molecule has 1 amide bonds. The van der Waals surface area contributed by atoms with Crippen molar-refractivity contribution in [3.05, 3.63) is 24.3 Å². The SMILES string of the molecule is CCC(CO)NC(=O)CCCOc1ccc(OC)cc1. The van der Waals surface area contributed by atoms with Gasteiger partial charge in [0.2, 0.25) is 5.91 Å². The van der Waals surface area contributed by atoms with Crippen molar-refractivity contribution in [2.24, 2.45) is 0 Å². The van der Waals surface area contributed by atoms with E-state index in [0.717, 1.165) is 17.9 Å². The molecule has 0 heterocycles. The van der Waals surface area contributed by atoms with Gasteiger partial charge in [0.15, 0.2) is 0 Å². The second-order valence-electron chi connectivity index (χ2n) is 4.48. The third kappa shape index (κ3) is 5.93. The van der Waals surface area contributed by atoms with E-state index in [-0.39, 0.29) is 18.6 Å². The number of aliphatic hydroxyl groups is 1. The maximum Gasteiger partial charge on any atom is 0.220 e. The fourth-order valence-corrected chi connectivity index (χ4v) is 1.67. The molecule has 1 unspecified atom stereocenters. The molecular formula is C15H23NO4. The molecule has 0 fully saturated rings. The van der Waals surface area contributed by atoms with Crippen molar-refractivity contribution in [2.45, 2.75) is 32.2 Å². The summed E-state index contributed by atoms with van der Waals surface area (Å²) >= 11 is 0. The van der Waals surface area contributed by atoms with Crippen molar-refractivity contribution in [1.29, 1.82) is 0 Å². The lowest BCUT2D eigenvalue weighted by Gasteiger charge is -2.13. The van der Waals surface area contributed by atoms with E-state index >= 15 is 0 Å². The van der Waals surface area contributed by atoms with Gasteiger partial charge < -0.3 is 19.9 Å². The highest BCUT2D eigenvalue weighted by Crippen LogP contribution is 2.17. The minimum Gasteiger partial charge on any atom is -0.497 e. The Balaban J connectivity index is 2.19. The average molecular weight is 281 g/mol. The number of nitrogens with one attached hydrogen (secondary N) is 1. The molecule has 5 heteroatoms. The third-order valence-electron chi connectivity index (χ3n) is 2.95. The number of amides is 1. The first-order chi connectivity index (χ1) is 9.69. The van der Waals surface area contributed by atoms with Crippen LogP contribution in [-0.4, -0.2) is 37.4 Å². The summed E-state index contributed by atoms with van der Waals surface area (Å²) in [6.45, 7) is 2.38. The van der Waals surface area contributed by atoms with Gasteiger partial charge in [0.25, 0.3) is 0 Å². The van der Waals surface area contributed by atoms with Crippen LogP contribution in [0.1, 0.15) is 26.2 Å². The van der Waals surface area contributed by atoms with E-state index in [0.29, 0.717) is 19.4 Å². The summed E-state index contributed by atoms with van der Waals surface area (Å²) in [6.07, 6.45) is 1.76. The molecule has 112 valence electrons. The van der Waals surface area contributed by atoms with E-state index < -0.39 is 0 Å². The zero-order valence-electron chi connectivity index (χ0n) is 12.1. The van der Waals surface area contributed by atoms with Crippen LogP contribution in [0.2, 0.25) is 0 Å². The van der Waals surface area contributed by atoms with Gasteiger partial charge in [0.1, 0.15) is 11.5 Å². The lowest BCUT2D eigenvalue weighted by Crippen LogP contribution is -2.36. The maximum absolute atomic E-state index is 11.6. The van der Waals surface area contributed by atoms with Crippen LogP contribution in [0.3, 0.4) is 0 Å². The van der Waals surface area contributed by atoms with E-state index in [1.54, 1.807) is 7.11 Å². The topological polar surface area (TPSA) is 67.8 Å². The number of methoxy groups -OCH3 is 1. The van der Waals surface area contributed by atoms with Crippen LogP contribution in [0.4, 0.5) is 0 Å². The second-order valence-corrected chi connectivity index (χ2v) is 4.48. The Morgan fingerprint density at radius 1 is 1.30 bits per heavy atom. The summed E-state index contributed by atoms with van der Waals surface area (Å²) in [7, 11) is 1.62. The predicted octanol–water partition coefficient (Wildman–Crippen LogP) is 1.74. The zero-order valence-corrected chi connectivity index (χ0v) is 12.1. The van der Waals surface area contributed by atoms with Gasteiger partial charge in [0.05, 0.1) is 26.4 Å². The Kier molecular flexibility index (Phi) is 7.50. The Morgan fingerprint density at radius 3 is 2.50 bits per heavy atom. The first-order valence-electron chi connectivity index (χ1n) is 6.86. The number of hydrogen-bond donors (Lipinski definition) is 2. The second kappa shape index (κ2) is 9.20.